The summed E-state index contributed by atoms with van der Waals surface area (Å²) in [6.45, 7) is 2.44. The summed E-state index contributed by atoms with van der Waals surface area (Å²) >= 11 is 1.34. The Kier molecular flexibility index (Phi) is 2.42. The topological polar surface area (TPSA) is 84.1 Å². The SMILES string of the molecule is CC1(O)CN(C(=O)c2sccc2-n2cnnn2)C1. The van der Waals surface area contributed by atoms with Crippen LogP contribution in [0.3, 0.4) is 0 Å². The molecule has 8 heteroatoms. The molecule has 94 valence electrons. The third kappa shape index (κ3) is 1.79. The van der Waals surface area contributed by atoms with E-state index >= 15 is 0 Å². The lowest BCUT2D eigenvalue weighted by Gasteiger charge is -2.43. The first kappa shape index (κ1) is 11.3. The van der Waals surface area contributed by atoms with Gasteiger partial charge < -0.3 is 10.0 Å². The normalized spacial score (nSPS) is 17.6. The van der Waals surface area contributed by atoms with Crippen molar-refractivity contribution >= 4 is 17.2 Å². The standard InChI is InChI=1S/C10H11N5O2S/c1-10(17)4-14(5-10)9(16)8-7(2-3-18-8)15-6-11-12-13-15/h2-3,6,17H,4-5H2,1H3. The Labute approximate surface area is 107 Å². The van der Waals surface area contributed by atoms with Gasteiger partial charge >= 0.3 is 0 Å². The molecule has 0 unspecified atom stereocenters. The number of carbonyl (C=O) groups is 1. The number of tetrazole rings is 1. The summed E-state index contributed by atoms with van der Waals surface area (Å²) in [5.41, 5.74) is -0.0939. The zero-order valence-electron chi connectivity index (χ0n) is 9.65. The number of thiophene rings is 1. The Morgan fingerprint density at radius 1 is 1.56 bits per heavy atom. The number of aromatic nitrogens is 4. The molecule has 0 bridgehead atoms. The van der Waals surface area contributed by atoms with E-state index in [0.29, 0.717) is 23.7 Å². The fourth-order valence-corrected chi connectivity index (χ4v) is 2.82. The summed E-state index contributed by atoms with van der Waals surface area (Å²) < 4.78 is 1.46. The van der Waals surface area contributed by atoms with Crippen LogP contribution in [-0.4, -0.2) is 54.8 Å². The maximum absolute atomic E-state index is 12.2. The molecule has 0 saturated carbocycles. The van der Waals surface area contributed by atoms with Gasteiger partial charge in [0, 0.05) is 0 Å². The first-order chi connectivity index (χ1) is 8.57. The second-order valence-electron chi connectivity index (χ2n) is 4.55. The van der Waals surface area contributed by atoms with Crippen LogP contribution < -0.4 is 0 Å². The lowest BCUT2D eigenvalue weighted by molar-refractivity contribution is -0.0667. The second-order valence-corrected chi connectivity index (χ2v) is 5.46. The summed E-state index contributed by atoms with van der Waals surface area (Å²) in [5, 5.41) is 22.4. The number of hydrogen-bond acceptors (Lipinski definition) is 6. The van der Waals surface area contributed by atoms with Crippen LogP contribution in [0.2, 0.25) is 0 Å². The molecule has 7 nitrogen and oxygen atoms in total. The molecule has 2 aromatic heterocycles. The van der Waals surface area contributed by atoms with E-state index in [1.165, 1.54) is 22.3 Å². The molecule has 3 heterocycles. The van der Waals surface area contributed by atoms with E-state index in [4.69, 9.17) is 0 Å². The van der Waals surface area contributed by atoms with Crippen LogP contribution in [0.15, 0.2) is 17.8 Å². The van der Waals surface area contributed by atoms with Crippen LogP contribution in [0.4, 0.5) is 0 Å². The van der Waals surface area contributed by atoms with Gasteiger partial charge in [-0.1, -0.05) is 0 Å². The maximum Gasteiger partial charge on any atom is 0.266 e. The van der Waals surface area contributed by atoms with Crippen LogP contribution in [-0.2, 0) is 0 Å². The Hall–Kier alpha value is -1.80. The lowest BCUT2D eigenvalue weighted by atomic mass is 9.97. The van der Waals surface area contributed by atoms with Gasteiger partial charge in [-0.25, -0.2) is 0 Å². The van der Waals surface area contributed by atoms with Crippen LogP contribution in [0.25, 0.3) is 5.69 Å². The minimum atomic E-state index is -0.762. The quantitative estimate of drug-likeness (QED) is 0.821. The predicted octanol–water partition coefficient (Wildman–Crippen LogP) is -0.0694. The molecule has 0 spiro atoms. The summed E-state index contributed by atoms with van der Waals surface area (Å²) in [6.07, 6.45) is 1.45. The molecule has 3 rings (SSSR count). The highest BCUT2D eigenvalue weighted by Crippen LogP contribution is 2.27. The number of β-amino-alcohol motifs (C(OH)–C–C–N with tert-alkyl or cyclic N) is 1. The van der Waals surface area contributed by atoms with Crippen molar-refractivity contribution in [2.45, 2.75) is 12.5 Å². The molecule has 18 heavy (non-hydrogen) atoms. The largest absolute Gasteiger partial charge is 0.386 e. The zero-order chi connectivity index (χ0) is 12.8. The molecule has 0 atom stereocenters. The molecule has 1 amide bonds. The molecule has 0 aromatic carbocycles. The van der Waals surface area contributed by atoms with Crippen molar-refractivity contribution in [2.75, 3.05) is 13.1 Å². The molecule has 1 aliphatic rings. The first-order valence-corrected chi connectivity index (χ1v) is 6.27. The molecule has 1 fully saturated rings. The van der Waals surface area contributed by atoms with E-state index in [0.717, 1.165) is 0 Å². The monoisotopic (exact) mass is 265 g/mol. The van der Waals surface area contributed by atoms with Crippen molar-refractivity contribution in [3.63, 3.8) is 0 Å². The summed E-state index contributed by atoms with van der Waals surface area (Å²) in [5.74, 6) is -0.0953. The maximum atomic E-state index is 12.2. The summed E-state index contributed by atoms with van der Waals surface area (Å²) in [7, 11) is 0. The number of rotatable bonds is 2. The van der Waals surface area contributed by atoms with Gasteiger partial charge in [-0.2, -0.15) is 4.68 Å². The van der Waals surface area contributed by atoms with Gasteiger partial charge in [-0.05, 0) is 28.8 Å². The van der Waals surface area contributed by atoms with Gasteiger partial charge in [-0.3, -0.25) is 4.79 Å². The average Bonchev–Trinajstić information content (AvgIpc) is 2.94. The van der Waals surface area contributed by atoms with Crippen molar-refractivity contribution in [1.29, 1.82) is 0 Å². The molecule has 0 aliphatic carbocycles. The van der Waals surface area contributed by atoms with Gasteiger partial charge in [0.05, 0.1) is 24.4 Å². The molecular weight excluding hydrogens is 254 g/mol. The lowest BCUT2D eigenvalue weighted by Crippen LogP contribution is -2.61. The van der Waals surface area contributed by atoms with Crippen molar-refractivity contribution in [3.8, 4) is 5.69 Å². The number of amides is 1. The highest BCUT2D eigenvalue weighted by molar-refractivity contribution is 7.12. The molecule has 1 aliphatic heterocycles. The zero-order valence-corrected chi connectivity index (χ0v) is 10.5. The van der Waals surface area contributed by atoms with Crippen molar-refractivity contribution in [2.24, 2.45) is 0 Å². The number of hydrogen-bond donors (Lipinski definition) is 1. The van der Waals surface area contributed by atoms with E-state index in [9.17, 15) is 9.90 Å². The number of likely N-dealkylation sites (tertiary alicyclic amines) is 1. The number of carbonyl (C=O) groups excluding carboxylic acids is 1. The number of nitrogens with zero attached hydrogens (tertiary/aromatic N) is 5. The Morgan fingerprint density at radius 2 is 2.33 bits per heavy atom. The highest BCUT2D eigenvalue weighted by atomic mass is 32.1. The smallest absolute Gasteiger partial charge is 0.266 e. The van der Waals surface area contributed by atoms with Crippen LogP contribution in [0.1, 0.15) is 16.6 Å². The minimum absolute atomic E-state index is 0.0953. The van der Waals surface area contributed by atoms with Crippen molar-refractivity contribution in [1.82, 2.24) is 25.1 Å². The Balaban J connectivity index is 1.86. The number of aliphatic hydroxyl groups is 1. The van der Waals surface area contributed by atoms with Gasteiger partial charge in [0.25, 0.3) is 5.91 Å². The van der Waals surface area contributed by atoms with E-state index in [-0.39, 0.29) is 5.91 Å². The summed E-state index contributed by atoms with van der Waals surface area (Å²) in [6, 6.07) is 1.80. The van der Waals surface area contributed by atoms with Crippen molar-refractivity contribution < 1.29 is 9.90 Å². The van der Waals surface area contributed by atoms with Gasteiger partial charge in [0.2, 0.25) is 0 Å². The first-order valence-electron chi connectivity index (χ1n) is 5.39. The van der Waals surface area contributed by atoms with Gasteiger partial charge in [0.15, 0.2) is 0 Å². The van der Waals surface area contributed by atoms with Gasteiger partial charge in [-0.15, -0.1) is 16.4 Å². The average molecular weight is 265 g/mol. The molecular formula is C10H11N5O2S. The Bertz CT molecular complexity index is 569. The second kappa shape index (κ2) is 3.85. The fourth-order valence-electron chi connectivity index (χ4n) is 1.98. The van der Waals surface area contributed by atoms with E-state index in [2.05, 4.69) is 15.5 Å². The predicted molar refractivity (Wildman–Crippen MR) is 63.6 cm³/mol. The van der Waals surface area contributed by atoms with E-state index < -0.39 is 5.60 Å². The molecule has 2 aromatic rings. The Morgan fingerprint density at radius 3 is 2.94 bits per heavy atom. The van der Waals surface area contributed by atoms with Crippen LogP contribution in [0.5, 0.6) is 0 Å². The molecule has 1 N–H and O–H groups in total. The minimum Gasteiger partial charge on any atom is -0.386 e. The third-order valence-electron chi connectivity index (χ3n) is 2.78. The van der Waals surface area contributed by atoms with E-state index in [1.807, 2.05) is 5.38 Å². The fraction of sp³-hybridized carbons (Fsp3) is 0.400. The third-order valence-corrected chi connectivity index (χ3v) is 3.68. The van der Waals surface area contributed by atoms with Crippen molar-refractivity contribution in [3.05, 3.63) is 22.7 Å². The highest BCUT2D eigenvalue weighted by Gasteiger charge is 2.40. The molecule has 0 radical (unpaired) electrons. The van der Waals surface area contributed by atoms with E-state index in [1.54, 1.807) is 17.9 Å². The molecule has 1 saturated heterocycles. The van der Waals surface area contributed by atoms with Crippen LogP contribution >= 0.6 is 11.3 Å². The van der Waals surface area contributed by atoms with Crippen LogP contribution in [0, 0.1) is 0 Å². The van der Waals surface area contributed by atoms with Gasteiger partial charge in [0.1, 0.15) is 11.2 Å². The summed E-state index contributed by atoms with van der Waals surface area (Å²) in [4.78, 5) is 14.4.